The number of rotatable bonds is 2. The lowest BCUT2D eigenvalue weighted by molar-refractivity contribution is -0.120. The first kappa shape index (κ1) is 13.8. The number of benzene rings is 1. The molecule has 2 rings (SSSR count). The molecule has 0 aliphatic carbocycles. The van der Waals surface area contributed by atoms with Crippen LogP contribution in [0.1, 0.15) is 19.8 Å². The number of amides is 1. The molecule has 1 aliphatic heterocycles. The van der Waals surface area contributed by atoms with Crippen LogP contribution >= 0.6 is 27.5 Å². The molecule has 3 nitrogen and oxygen atoms in total. The molecule has 2 atom stereocenters. The normalized spacial score (nSPS) is 23.7. The van der Waals surface area contributed by atoms with Crippen molar-refractivity contribution in [2.45, 2.75) is 25.8 Å². The maximum Gasteiger partial charge on any atom is 0.227 e. The summed E-state index contributed by atoms with van der Waals surface area (Å²) in [5, 5.41) is 6.95. The Balaban J connectivity index is 2.02. The van der Waals surface area contributed by atoms with Gasteiger partial charge in [-0.25, -0.2) is 0 Å². The quantitative estimate of drug-likeness (QED) is 0.872. The molecule has 0 aromatic heterocycles. The Hall–Kier alpha value is -0.580. The monoisotopic (exact) mass is 330 g/mol. The molecule has 1 aromatic rings. The predicted molar refractivity (Wildman–Crippen MR) is 78.0 cm³/mol. The van der Waals surface area contributed by atoms with E-state index in [9.17, 15) is 4.79 Å². The summed E-state index contributed by atoms with van der Waals surface area (Å²) in [6.07, 6.45) is 1.78. The summed E-state index contributed by atoms with van der Waals surface area (Å²) in [6.45, 7) is 3.01. The van der Waals surface area contributed by atoms with Gasteiger partial charge >= 0.3 is 0 Å². The van der Waals surface area contributed by atoms with Gasteiger partial charge < -0.3 is 10.6 Å². The molecular weight excluding hydrogens is 316 g/mol. The summed E-state index contributed by atoms with van der Waals surface area (Å²) in [7, 11) is 0. The fourth-order valence-electron chi connectivity index (χ4n) is 2.20. The molecule has 0 bridgehead atoms. The van der Waals surface area contributed by atoms with E-state index in [1.54, 1.807) is 12.1 Å². The number of piperidine rings is 1. The lowest BCUT2D eigenvalue weighted by Gasteiger charge is -2.27. The zero-order chi connectivity index (χ0) is 13.1. The van der Waals surface area contributed by atoms with Gasteiger partial charge in [0.05, 0.1) is 5.69 Å². The van der Waals surface area contributed by atoms with Crippen molar-refractivity contribution >= 4 is 39.1 Å². The van der Waals surface area contributed by atoms with E-state index >= 15 is 0 Å². The van der Waals surface area contributed by atoms with Crippen LogP contribution in [0.2, 0.25) is 5.02 Å². The third-order valence-electron chi connectivity index (χ3n) is 3.18. The Kier molecular flexibility index (Phi) is 4.65. The van der Waals surface area contributed by atoms with E-state index in [1.165, 1.54) is 0 Å². The van der Waals surface area contributed by atoms with Crippen molar-refractivity contribution in [3.05, 3.63) is 27.7 Å². The van der Waals surface area contributed by atoms with Crippen LogP contribution in [0.15, 0.2) is 22.7 Å². The topological polar surface area (TPSA) is 41.1 Å². The fraction of sp³-hybridized carbons (Fsp3) is 0.462. The van der Waals surface area contributed by atoms with Gasteiger partial charge in [0.1, 0.15) is 0 Å². The fourth-order valence-corrected chi connectivity index (χ4v) is 2.98. The molecule has 1 fully saturated rings. The van der Waals surface area contributed by atoms with Gasteiger partial charge in [-0.3, -0.25) is 4.79 Å². The van der Waals surface area contributed by atoms with Crippen molar-refractivity contribution in [1.82, 2.24) is 5.32 Å². The van der Waals surface area contributed by atoms with E-state index in [4.69, 9.17) is 11.6 Å². The molecule has 1 saturated heterocycles. The van der Waals surface area contributed by atoms with Gasteiger partial charge in [0, 0.05) is 21.5 Å². The van der Waals surface area contributed by atoms with Crippen LogP contribution in [0.3, 0.4) is 0 Å². The maximum absolute atomic E-state index is 12.2. The van der Waals surface area contributed by atoms with Crippen LogP contribution in [0.4, 0.5) is 5.69 Å². The number of carbonyl (C=O) groups excluding carboxylic acids is 1. The van der Waals surface area contributed by atoms with Crippen LogP contribution in [-0.2, 0) is 4.79 Å². The van der Waals surface area contributed by atoms with Crippen LogP contribution in [0.25, 0.3) is 0 Å². The Labute approximate surface area is 120 Å². The minimum absolute atomic E-state index is 0.0869. The number of nitrogens with one attached hydrogen (secondary N) is 2. The molecule has 0 radical (unpaired) electrons. The zero-order valence-electron chi connectivity index (χ0n) is 10.2. The minimum atomic E-state index is 0.0869. The number of carbonyl (C=O) groups is 1. The molecule has 1 aromatic carbocycles. The van der Waals surface area contributed by atoms with Crippen LogP contribution < -0.4 is 10.6 Å². The van der Waals surface area contributed by atoms with Crippen molar-refractivity contribution in [2.24, 2.45) is 5.92 Å². The summed E-state index contributed by atoms with van der Waals surface area (Å²) in [6, 6.07) is 5.77. The Morgan fingerprint density at radius 1 is 1.56 bits per heavy atom. The van der Waals surface area contributed by atoms with Crippen molar-refractivity contribution < 1.29 is 4.79 Å². The van der Waals surface area contributed by atoms with Crippen LogP contribution in [0.5, 0.6) is 0 Å². The van der Waals surface area contributed by atoms with E-state index in [2.05, 4.69) is 33.5 Å². The number of anilines is 1. The second-order valence-corrected chi connectivity index (χ2v) is 5.98. The number of halogens is 2. The summed E-state index contributed by atoms with van der Waals surface area (Å²) in [4.78, 5) is 12.2. The van der Waals surface area contributed by atoms with Crippen molar-refractivity contribution in [3.63, 3.8) is 0 Å². The van der Waals surface area contributed by atoms with E-state index < -0.39 is 0 Å². The molecule has 18 heavy (non-hydrogen) atoms. The molecule has 5 heteroatoms. The first-order chi connectivity index (χ1) is 8.56. The van der Waals surface area contributed by atoms with Crippen molar-refractivity contribution in [2.75, 3.05) is 11.9 Å². The standard InChI is InChI=1S/C13H16BrClN2O/c1-8-6-9(4-5-16-8)13(18)17-12-3-2-10(15)7-11(12)14/h2-3,7-9,16H,4-6H2,1H3,(H,17,18). The molecule has 1 heterocycles. The SMILES string of the molecule is CC1CC(C(=O)Nc2ccc(Cl)cc2Br)CCN1. The van der Waals surface area contributed by atoms with Crippen LogP contribution in [0, 0.1) is 5.92 Å². The second kappa shape index (κ2) is 6.04. The molecule has 2 unspecified atom stereocenters. The third kappa shape index (κ3) is 3.46. The van der Waals surface area contributed by atoms with Crippen LogP contribution in [-0.4, -0.2) is 18.5 Å². The van der Waals surface area contributed by atoms with Crippen molar-refractivity contribution in [3.8, 4) is 0 Å². The third-order valence-corrected chi connectivity index (χ3v) is 4.07. The van der Waals surface area contributed by atoms with Gasteiger partial charge in [-0.15, -0.1) is 0 Å². The Bertz CT molecular complexity index is 453. The highest BCUT2D eigenvalue weighted by Crippen LogP contribution is 2.27. The summed E-state index contributed by atoms with van der Waals surface area (Å²) in [5.41, 5.74) is 0.774. The highest BCUT2D eigenvalue weighted by atomic mass is 79.9. The highest BCUT2D eigenvalue weighted by molar-refractivity contribution is 9.10. The summed E-state index contributed by atoms with van der Waals surface area (Å²) >= 11 is 9.27. The maximum atomic E-state index is 12.2. The first-order valence-corrected chi connectivity index (χ1v) is 7.22. The van der Waals surface area contributed by atoms with Crippen molar-refractivity contribution in [1.29, 1.82) is 0 Å². The predicted octanol–water partition coefficient (Wildman–Crippen LogP) is 3.43. The van der Waals surface area contributed by atoms with Gasteiger partial charge in [-0.1, -0.05) is 11.6 Å². The molecule has 0 saturated carbocycles. The van der Waals surface area contributed by atoms with Gasteiger partial charge in [0.2, 0.25) is 5.91 Å². The average Bonchev–Trinajstić information content (AvgIpc) is 2.32. The average molecular weight is 332 g/mol. The molecular formula is C13H16BrClN2O. The minimum Gasteiger partial charge on any atom is -0.325 e. The smallest absolute Gasteiger partial charge is 0.227 e. The molecule has 0 spiro atoms. The highest BCUT2D eigenvalue weighted by Gasteiger charge is 2.24. The lowest BCUT2D eigenvalue weighted by Crippen LogP contribution is -2.40. The Morgan fingerprint density at radius 2 is 2.33 bits per heavy atom. The van der Waals surface area contributed by atoms with E-state index in [0.717, 1.165) is 29.5 Å². The van der Waals surface area contributed by atoms with E-state index in [0.29, 0.717) is 11.1 Å². The zero-order valence-corrected chi connectivity index (χ0v) is 12.5. The second-order valence-electron chi connectivity index (χ2n) is 4.69. The largest absolute Gasteiger partial charge is 0.325 e. The van der Waals surface area contributed by atoms with E-state index in [-0.39, 0.29) is 11.8 Å². The Morgan fingerprint density at radius 3 is 3.00 bits per heavy atom. The number of hydrogen-bond donors (Lipinski definition) is 2. The molecule has 1 aliphatic rings. The number of hydrogen-bond acceptors (Lipinski definition) is 2. The molecule has 98 valence electrons. The van der Waals surface area contributed by atoms with Gasteiger partial charge in [-0.05, 0) is 60.4 Å². The van der Waals surface area contributed by atoms with Gasteiger partial charge in [0.15, 0.2) is 0 Å². The summed E-state index contributed by atoms with van der Waals surface area (Å²) < 4.78 is 0.810. The summed E-state index contributed by atoms with van der Waals surface area (Å²) in [5.74, 6) is 0.176. The molecule has 1 amide bonds. The lowest BCUT2D eigenvalue weighted by atomic mass is 9.92. The van der Waals surface area contributed by atoms with E-state index in [1.807, 2.05) is 6.07 Å². The van der Waals surface area contributed by atoms with Gasteiger partial charge in [-0.2, -0.15) is 0 Å². The first-order valence-electron chi connectivity index (χ1n) is 6.05. The van der Waals surface area contributed by atoms with Gasteiger partial charge in [0.25, 0.3) is 0 Å². The molecule has 2 N–H and O–H groups in total.